The molecule has 0 saturated carbocycles. The Bertz CT molecular complexity index is 1350. The van der Waals surface area contributed by atoms with Crippen LogP contribution in [0.5, 0.6) is 0 Å². The number of fused-ring (bicyclic) bond motifs is 1. The zero-order valence-corrected chi connectivity index (χ0v) is 18.0. The SMILES string of the molecule is CN(CCCc1cc(-c2ccccc2)n[nH]1)C(=O)CCc1nc2c([nH]1)c(=O)[nH]c(=O)n2C. The van der Waals surface area contributed by atoms with Crippen LogP contribution in [-0.2, 0) is 24.7 Å². The molecule has 4 aromatic rings. The van der Waals surface area contributed by atoms with E-state index in [0.29, 0.717) is 18.8 Å². The van der Waals surface area contributed by atoms with Crippen molar-refractivity contribution in [2.45, 2.75) is 25.7 Å². The van der Waals surface area contributed by atoms with Gasteiger partial charge in [-0.3, -0.25) is 24.2 Å². The molecule has 0 atom stereocenters. The van der Waals surface area contributed by atoms with Crippen molar-refractivity contribution in [3.63, 3.8) is 0 Å². The third-order valence-corrected chi connectivity index (χ3v) is 5.45. The molecule has 166 valence electrons. The summed E-state index contributed by atoms with van der Waals surface area (Å²) in [4.78, 5) is 47.2. The number of aryl methyl sites for hydroxylation is 3. The Kier molecular flexibility index (Phi) is 6.02. The number of carbonyl (C=O) groups is 1. The highest BCUT2D eigenvalue weighted by Crippen LogP contribution is 2.17. The number of aromatic nitrogens is 6. The van der Waals surface area contributed by atoms with Gasteiger partial charge in [-0.25, -0.2) is 9.78 Å². The highest BCUT2D eigenvalue weighted by molar-refractivity contribution is 5.76. The van der Waals surface area contributed by atoms with Crippen LogP contribution in [0.1, 0.15) is 24.4 Å². The van der Waals surface area contributed by atoms with E-state index in [9.17, 15) is 14.4 Å². The summed E-state index contributed by atoms with van der Waals surface area (Å²) in [7, 11) is 3.31. The van der Waals surface area contributed by atoms with Crippen LogP contribution in [0.2, 0.25) is 0 Å². The van der Waals surface area contributed by atoms with Crippen LogP contribution < -0.4 is 11.2 Å². The predicted octanol–water partition coefficient (Wildman–Crippen LogP) is 1.36. The molecule has 1 aromatic carbocycles. The van der Waals surface area contributed by atoms with Gasteiger partial charge in [0.15, 0.2) is 5.65 Å². The minimum Gasteiger partial charge on any atom is -0.346 e. The maximum atomic E-state index is 12.5. The normalized spacial score (nSPS) is 11.2. The molecule has 0 aliphatic heterocycles. The Balaban J connectivity index is 1.28. The summed E-state index contributed by atoms with van der Waals surface area (Å²) in [6.45, 7) is 0.618. The van der Waals surface area contributed by atoms with Gasteiger partial charge in [0.25, 0.3) is 5.56 Å². The van der Waals surface area contributed by atoms with E-state index < -0.39 is 11.2 Å². The first-order chi connectivity index (χ1) is 15.4. The lowest BCUT2D eigenvalue weighted by atomic mass is 10.1. The molecular formula is C22H25N7O3. The Labute approximate surface area is 183 Å². The van der Waals surface area contributed by atoms with Crippen LogP contribution in [0.3, 0.4) is 0 Å². The molecule has 0 saturated heterocycles. The van der Waals surface area contributed by atoms with Crippen LogP contribution in [0.4, 0.5) is 0 Å². The van der Waals surface area contributed by atoms with Gasteiger partial charge >= 0.3 is 5.69 Å². The first-order valence-corrected chi connectivity index (χ1v) is 10.4. The first kappa shape index (κ1) is 21.3. The van der Waals surface area contributed by atoms with Crippen LogP contribution in [0.25, 0.3) is 22.4 Å². The molecule has 0 unspecified atom stereocenters. The molecule has 4 rings (SSSR count). The summed E-state index contributed by atoms with van der Waals surface area (Å²) < 4.78 is 1.27. The summed E-state index contributed by atoms with van der Waals surface area (Å²) in [6.07, 6.45) is 2.20. The summed E-state index contributed by atoms with van der Waals surface area (Å²) in [5.41, 5.74) is 2.48. The summed E-state index contributed by atoms with van der Waals surface area (Å²) in [5, 5.41) is 7.42. The summed E-state index contributed by atoms with van der Waals surface area (Å²) >= 11 is 0. The molecule has 1 amide bonds. The van der Waals surface area contributed by atoms with E-state index in [-0.39, 0.29) is 23.5 Å². The zero-order chi connectivity index (χ0) is 22.7. The molecule has 3 N–H and O–H groups in total. The molecular weight excluding hydrogens is 410 g/mol. The molecule has 10 heteroatoms. The molecule has 3 aromatic heterocycles. The number of rotatable bonds is 8. The zero-order valence-electron chi connectivity index (χ0n) is 18.0. The van der Waals surface area contributed by atoms with E-state index in [0.717, 1.165) is 29.8 Å². The van der Waals surface area contributed by atoms with Crippen molar-refractivity contribution in [3.8, 4) is 11.3 Å². The number of aromatic amines is 3. The van der Waals surface area contributed by atoms with Crippen LogP contribution in [0.15, 0.2) is 46.0 Å². The quantitative estimate of drug-likeness (QED) is 0.384. The molecule has 0 bridgehead atoms. The molecule has 0 aliphatic carbocycles. The fourth-order valence-corrected chi connectivity index (χ4v) is 3.57. The smallest absolute Gasteiger partial charge is 0.329 e. The summed E-state index contributed by atoms with van der Waals surface area (Å²) in [6, 6.07) is 12.0. The number of hydrogen-bond acceptors (Lipinski definition) is 5. The highest BCUT2D eigenvalue weighted by atomic mass is 16.2. The maximum Gasteiger partial charge on any atom is 0.329 e. The van der Waals surface area contributed by atoms with Gasteiger partial charge in [-0.05, 0) is 18.9 Å². The van der Waals surface area contributed by atoms with E-state index in [4.69, 9.17) is 0 Å². The number of carbonyl (C=O) groups excluding carboxylic acids is 1. The summed E-state index contributed by atoms with van der Waals surface area (Å²) in [5.74, 6) is 0.488. The third kappa shape index (κ3) is 4.53. The Morgan fingerprint density at radius 1 is 1.12 bits per heavy atom. The van der Waals surface area contributed by atoms with Gasteiger partial charge in [-0.2, -0.15) is 5.10 Å². The van der Waals surface area contributed by atoms with E-state index in [1.807, 2.05) is 36.4 Å². The average molecular weight is 435 g/mol. The molecule has 0 spiro atoms. The second-order valence-electron chi connectivity index (χ2n) is 7.76. The van der Waals surface area contributed by atoms with Gasteiger partial charge in [0.2, 0.25) is 5.91 Å². The van der Waals surface area contributed by atoms with Crippen molar-refractivity contribution in [2.24, 2.45) is 7.05 Å². The second kappa shape index (κ2) is 9.04. The van der Waals surface area contributed by atoms with Gasteiger partial charge < -0.3 is 9.88 Å². The lowest BCUT2D eigenvalue weighted by Crippen LogP contribution is -2.28. The lowest BCUT2D eigenvalue weighted by molar-refractivity contribution is -0.129. The number of nitrogens with one attached hydrogen (secondary N) is 3. The number of hydrogen-bond donors (Lipinski definition) is 3. The molecule has 32 heavy (non-hydrogen) atoms. The van der Waals surface area contributed by atoms with Crippen LogP contribution in [0, 0.1) is 0 Å². The van der Waals surface area contributed by atoms with Crippen LogP contribution >= 0.6 is 0 Å². The number of amides is 1. The molecule has 0 aliphatic rings. The number of H-pyrrole nitrogens is 3. The molecule has 0 radical (unpaired) electrons. The monoisotopic (exact) mass is 435 g/mol. The maximum absolute atomic E-state index is 12.5. The van der Waals surface area contributed by atoms with E-state index in [1.165, 1.54) is 11.6 Å². The largest absolute Gasteiger partial charge is 0.346 e. The minimum atomic E-state index is -0.524. The second-order valence-corrected chi connectivity index (χ2v) is 7.76. The Morgan fingerprint density at radius 3 is 2.69 bits per heavy atom. The standard InChI is InChI=1S/C22H25N7O3/c1-28(12-6-9-15-13-16(27-26-15)14-7-4-3-5-8-14)18(30)11-10-17-23-19-20(24-17)29(2)22(32)25-21(19)31/h3-5,7-8,13H,6,9-12H2,1-2H3,(H,23,24)(H,26,27)(H,25,31,32). The van der Waals surface area contributed by atoms with Crippen molar-refractivity contribution < 1.29 is 4.79 Å². The van der Waals surface area contributed by atoms with Gasteiger partial charge in [0.05, 0.1) is 5.69 Å². The van der Waals surface area contributed by atoms with Gasteiger partial charge in [0, 0.05) is 44.7 Å². The van der Waals surface area contributed by atoms with Crippen molar-refractivity contribution in [1.82, 2.24) is 34.6 Å². The number of imidazole rings is 1. The van der Waals surface area contributed by atoms with Crippen molar-refractivity contribution in [3.05, 3.63) is 68.8 Å². The van der Waals surface area contributed by atoms with Gasteiger partial charge in [0.1, 0.15) is 11.3 Å². The van der Waals surface area contributed by atoms with E-state index >= 15 is 0 Å². The van der Waals surface area contributed by atoms with Crippen molar-refractivity contribution in [1.29, 1.82) is 0 Å². The topological polar surface area (TPSA) is 133 Å². The highest BCUT2D eigenvalue weighted by Gasteiger charge is 2.14. The lowest BCUT2D eigenvalue weighted by Gasteiger charge is -2.16. The van der Waals surface area contributed by atoms with E-state index in [1.54, 1.807) is 11.9 Å². The van der Waals surface area contributed by atoms with Crippen LogP contribution in [-0.4, -0.2) is 54.1 Å². The van der Waals surface area contributed by atoms with Crippen molar-refractivity contribution in [2.75, 3.05) is 13.6 Å². The van der Waals surface area contributed by atoms with Gasteiger partial charge in [-0.1, -0.05) is 30.3 Å². The first-order valence-electron chi connectivity index (χ1n) is 10.4. The minimum absolute atomic E-state index is 0.0113. The molecule has 10 nitrogen and oxygen atoms in total. The Hall–Kier alpha value is -3.95. The molecule has 3 heterocycles. The third-order valence-electron chi connectivity index (χ3n) is 5.45. The molecule has 0 fully saturated rings. The van der Waals surface area contributed by atoms with Gasteiger partial charge in [-0.15, -0.1) is 0 Å². The predicted molar refractivity (Wildman–Crippen MR) is 120 cm³/mol. The number of nitrogens with zero attached hydrogens (tertiary/aromatic N) is 4. The van der Waals surface area contributed by atoms with Crippen molar-refractivity contribution >= 4 is 17.1 Å². The fraction of sp³-hybridized carbons (Fsp3) is 0.318. The fourth-order valence-electron chi connectivity index (χ4n) is 3.57. The Morgan fingerprint density at radius 2 is 1.91 bits per heavy atom. The number of benzene rings is 1. The van der Waals surface area contributed by atoms with E-state index in [2.05, 4.69) is 25.1 Å². The average Bonchev–Trinajstić information content (AvgIpc) is 3.44.